The number of ether oxygens (including phenoxy) is 1. The zero-order valence-electron chi connectivity index (χ0n) is 12.2. The summed E-state index contributed by atoms with van der Waals surface area (Å²) in [5.74, 6) is 0. The lowest BCUT2D eigenvalue weighted by Gasteiger charge is -2.26. The molecule has 0 aromatic heterocycles. The van der Waals surface area contributed by atoms with Gasteiger partial charge in [0, 0.05) is 0 Å². The average molecular weight is 302 g/mol. The molecule has 1 saturated heterocycles. The standard InChI is InChI=1S/C20H14O3/c21-17-16-12-7-6-10-3-1-2-9-4-5-11(15(12)14(9)10)8-13(16)19-20(23-19)18(17)22/h1-8,17-22H/t17-,18+,19+,20-/m0/s1. The van der Waals surface area contributed by atoms with Gasteiger partial charge in [0.05, 0.1) is 0 Å². The summed E-state index contributed by atoms with van der Waals surface area (Å²) in [6, 6.07) is 16.9. The summed E-state index contributed by atoms with van der Waals surface area (Å²) in [5, 5.41) is 27.9. The normalized spacial score (nSPS) is 29.1. The molecule has 3 heteroatoms. The smallest absolute Gasteiger partial charge is 0.118 e. The highest BCUT2D eigenvalue weighted by Gasteiger charge is 2.54. The van der Waals surface area contributed by atoms with Gasteiger partial charge in [-0.25, -0.2) is 0 Å². The van der Waals surface area contributed by atoms with Crippen LogP contribution in [0.2, 0.25) is 0 Å². The van der Waals surface area contributed by atoms with E-state index in [0.717, 1.165) is 16.5 Å². The van der Waals surface area contributed by atoms with Crippen molar-refractivity contribution in [2.24, 2.45) is 0 Å². The lowest BCUT2D eigenvalue weighted by Crippen LogP contribution is -2.29. The highest BCUT2D eigenvalue weighted by atomic mass is 16.6. The summed E-state index contributed by atoms with van der Waals surface area (Å²) in [6.07, 6.45) is -2.07. The zero-order valence-corrected chi connectivity index (χ0v) is 12.2. The Morgan fingerprint density at radius 1 is 0.826 bits per heavy atom. The summed E-state index contributed by atoms with van der Waals surface area (Å²) in [5.41, 5.74) is 1.86. The van der Waals surface area contributed by atoms with Crippen molar-refractivity contribution in [1.82, 2.24) is 0 Å². The molecule has 0 amide bonds. The Labute approximate surface area is 132 Å². The lowest BCUT2D eigenvalue weighted by atomic mass is 9.81. The zero-order chi connectivity index (χ0) is 15.3. The number of rotatable bonds is 0. The van der Waals surface area contributed by atoms with Crippen LogP contribution in [0.3, 0.4) is 0 Å². The number of hydrogen-bond acceptors (Lipinski definition) is 3. The molecule has 4 aromatic carbocycles. The van der Waals surface area contributed by atoms with Crippen molar-refractivity contribution in [2.45, 2.75) is 24.4 Å². The molecule has 2 N–H and O–H groups in total. The fraction of sp³-hybridized carbons (Fsp3) is 0.200. The molecule has 0 saturated carbocycles. The predicted octanol–water partition coefficient (Wildman–Crippen LogP) is 3.43. The molecule has 0 bridgehead atoms. The molecule has 0 spiro atoms. The molecule has 1 heterocycles. The monoisotopic (exact) mass is 302 g/mol. The molecule has 0 radical (unpaired) electrons. The van der Waals surface area contributed by atoms with E-state index in [1.807, 2.05) is 0 Å². The first-order valence-electron chi connectivity index (χ1n) is 7.96. The van der Waals surface area contributed by atoms with Gasteiger partial charge in [0.25, 0.3) is 0 Å². The van der Waals surface area contributed by atoms with E-state index < -0.39 is 12.2 Å². The number of aliphatic hydroxyl groups is 2. The van der Waals surface area contributed by atoms with Crippen LogP contribution in [0.4, 0.5) is 0 Å². The van der Waals surface area contributed by atoms with Crippen molar-refractivity contribution in [1.29, 1.82) is 0 Å². The molecular formula is C20H14O3. The van der Waals surface area contributed by atoms with E-state index in [2.05, 4.69) is 48.5 Å². The Morgan fingerprint density at radius 3 is 2.39 bits per heavy atom. The van der Waals surface area contributed by atoms with Crippen molar-refractivity contribution in [3.8, 4) is 0 Å². The Morgan fingerprint density at radius 2 is 1.57 bits per heavy atom. The van der Waals surface area contributed by atoms with E-state index in [-0.39, 0.29) is 12.2 Å². The molecule has 1 fully saturated rings. The predicted molar refractivity (Wildman–Crippen MR) is 88.7 cm³/mol. The van der Waals surface area contributed by atoms with Gasteiger partial charge in [-0.15, -0.1) is 0 Å². The first-order valence-corrected chi connectivity index (χ1v) is 7.96. The number of benzene rings is 4. The van der Waals surface area contributed by atoms with Crippen LogP contribution in [-0.4, -0.2) is 22.4 Å². The van der Waals surface area contributed by atoms with Gasteiger partial charge in [0.15, 0.2) is 0 Å². The second kappa shape index (κ2) is 3.82. The largest absolute Gasteiger partial charge is 0.387 e. The van der Waals surface area contributed by atoms with E-state index in [1.165, 1.54) is 26.9 Å². The van der Waals surface area contributed by atoms with Crippen LogP contribution in [-0.2, 0) is 4.74 Å². The van der Waals surface area contributed by atoms with Gasteiger partial charge >= 0.3 is 0 Å². The van der Waals surface area contributed by atoms with Crippen LogP contribution >= 0.6 is 0 Å². The summed E-state index contributed by atoms with van der Waals surface area (Å²) < 4.78 is 5.60. The molecule has 1 aliphatic heterocycles. The number of epoxide rings is 1. The first kappa shape index (κ1) is 12.3. The van der Waals surface area contributed by atoms with Gasteiger partial charge in [0.1, 0.15) is 24.4 Å². The molecule has 4 aromatic rings. The Kier molecular flexibility index (Phi) is 2.03. The van der Waals surface area contributed by atoms with Gasteiger partial charge in [0.2, 0.25) is 0 Å². The second-order valence-electron chi connectivity index (χ2n) is 6.69. The third kappa shape index (κ3) is 1.36. The van der Waals surface area contributed by atoms with Crippen LogP contribution in [0.1, 0.15) is 23.3 Å². The van der Waals surface area contributed by atoms with Crippen LogP contribution < -0.4 is 0 Å². The number of hydrogen-bond donors (Lipinski definition) is 2. The molecule has 1 aliphatic carbocycles. The second-order valence-corrected chi connectivity index (χ2v) is 6.69. The van der Waals surface area contributed by atoms with Crippen molar-refractivity contribution in [3.63, 3.8) is 0 Å². The molecule has 6 rings (SSSR count). The van der Waals surface area contributed by atoms with E-state index >= 15 is 0 Å². The highest BCUT2D eigenvalue weighted by molar-refractivity contribution is 6.23. The van der Waals surface area contributed by atoms with E-state index in [4.69, 9.17) is 4.74 Å². The third-order valence-electron chi connectivity index (χ3n) is 5.51. The fourth-order valence-electron chi connectivity index (χ4n) is 4.40. The van der Waals surface area contributed by atoms with Gasteiger partial charge in [-0.1, -0.05) is 42.5 Å². The van der Waals surface area contributed by atoms with Gasteiger partial charge in [-0.2, -0.15) is 0 Å². The average Bonchev–Trinajstić information content (AvgIpc) is 3.38. The number of aliphatic hydroxyl groups excluding tert-OH is 2. The third-order valence-corrected chi connectivity index (χ3v) is 5.51. The van der Waals surface area contributed by atoms with Crippen molar-refractivity contribution in [2.75, 3.05) is 0 Å². The Hall–Kier alpha value is -2.20. The summed E-state index contributed by atoms with van der Waals surface area (Å²) in [6.45, 7) is 0. The van der Waals surface area contributed by atoms with Crippen molar-refractivity contribution >= 4 is 32.3 Å². The van der Waals surface area contributed by atoms with Crippen LogP contribution in [0.15, 0.2) is 48.5 Å². The molecule has 2 aliphatic rings. The molecule has 0 unspecified atom stereocenters. The highest BCUT2D eigenvalue weighted by Crippen LogP contribution is 2.53. The van der Waals surface area contributed by atoms with Crippen molar-refractivity contribution < 1.29 is 14.9 Å². The summed E-state index contributed by atoms with van der Waals surface area (Å²) in [7, 11) is 0. The van der Waals surface area contributed by atoms with Gasteiger partial charge in [-0.05, 0) is 49.5 Å². The summed E-state index contributed by atoms with van der Waals surface area (Å²) in [4.78, 5) is 0. The van der Waals surface area contributed by atoms with Crippen LogP contribution in [0.25, 0.3) is 32.3 Å². The summed E-state index contributed by atoms with van der Waals surface area (Å²) >= 11 is 0. The minimum Gasteiger partial charge on any atom is -0.387 e. The van der Waals surface area contributed by atoms with Gasteiger partial charge < -0.3 is 14.9 Å². The minimum atomic E-state index is -0.890. The first-order chi connectivity index (χ1) is 11.2. The quantitative estimate of drug-likeness (QED) is 0.386. The molecule has 3 nitrogen and oxygen atoms in total. The minimum absolute atomic E-state index is 0.0784. The molecule has 4 atom stereocenters. The Balaban J connectivity index is 1.86. The topological polar surface area (TPSA) is 53.0 Å². The maximum Gasteiger partial charge on any atom is 0.118 e. The van der Waals surface area contributed by atoms with E-state index in [0.29, 0.717) is 0 Å². The molecular weight excluding hydrogens is 288 g/mol. The maximum atomic E-state index is 10.6. The van der Waals surface area contributed by atoms with E-state index in [9.17, 15) is 10.2 Å². The Bertz CT molecular complexity index is 1080. The van der Waals surface area contributed by atoms with E-state index in [1.54, 1.807) is 0 Å². The lowest BCUT2D eigenvalue weighted by molar-refractivity contribution is 0.000843. The number of fused-ring (bicyclic) bond motifs is 4. The molecule has 23 heavy (non-hydrogen) atoms. The maximum absolute atomic E-state index is 10.6. The molecule has 112 valence electrons. The van der Waals surface area contributed by atoms with Gasteiger partial charge in [-0.3, -0.25) is 0 Å². The fourth-order valence-corrected chi connectivity index (χ4v) is 4.40. The van der Waals surface area contributed by atoms with Crippen LogP contribution in [0.5, 0.6) is 0 Å². The SMILES string of the molecule is O[C@H]1[C@@H]2O[C@@H]2c2cc3ccc4cccc5ccc(c2[C@@H]1O)c3c45. The van der Waals surface area contributed by atoms with Crippen molar-refractivity contribution in [3.05, 3.63) is 59.7 Å². The van der Waals surface area contributed by atoms with Crippen LogP contribution in [0, 0.1) is 0 Å².